The molecule has 0 amide bonds. The molecule has 0 saturated heterocycles. The summed E-state index contributed by atoms with van der Waals surface area (Å²) in [5.41, 5.74) is 4.43. The third-order valence-corrected chi connectivity index (χ3v) is 4.30. The summed E-state index contributed by atoms with van der Waals surface area (Å²) in [5, 5.41) is 17.3. The Morgan fingerprint density at radius 2 is 1.70 bits per heavy atom. The highest BCUT2D eigenvalue weighted by molar-refractivity contribution is 5.66. The molecule has 3 heteroatoms. The minimum Gasteiger partial charge on any atom is -0.508 e. The lowest BCUT2D eigenvalue weighted by molar-refractivity contribution is 0.335. The molecule has 0 saturated carbocycles. The van der Waals surface area contributed by atoms with Crippen molar-refractivity contribution in [2.45, 2.75) is 33.0 Å². The molecule has 1 aliphatic heterocycles. The second-order valence-electron chi connectivity index (χ2n) is 6.52. The zero-order valence-corrected chi connectivity index (χ0v) is 13.9. The van der Waals surface area contributed by atoms with Gasteiger partial charge >= 0.3 is 0 Å². The number of para-hydroxylation sites is 1. The molecule has 0 spiro atoms. The number of phenolic OH excluding ortho intramolecular Hbond substituents is 1. The third kappa shape index (κ3) is 3.40. The zero-order valence-electron chi connectivity index (χ0n) is 13.9. The fourth-order valence-corrected chi connectivity index (χ4v) is 2.87. The summed E-state index contributed by atoms with van der Waals surface area (Å²) in [6, 6.07) is 16.0. The Kier molecular flexibility index (Phi) is 4.39. The molecule has 2 unspecified atom stereocenters. The molecular weight excluding hydrogens is 284 g/mol. The van der Waals surface area contributed by atoms with E-state index in [0.717, 1.165) is 11.3 Å². The van der Waals surface area contributed by atoms with Crippen LogP contribution in [0.1, 0.15) is 36.6 Å². The van der Waals surface area contributed by atoms with Crippen LogP contribution in [-0.4, -0.2) is 11.3 Å². The summed E-state index contributed by atoms with van der Waals surface area (Å²) < 4.78 is 0. The highest BCUT2D eigenvalue weighted by atomic mass is 16.3. The molecular formula is C20H24N2O. The Morgan fingerprint density at radius 1 is 1.00 bits per heavy atom. The van der Waals surface area contributed by atoms with Gasteiger partial charge in [0.25, 0.3) is 0 Å². The highest BCUT2D eigenvalue weighted by Gasteiger charge is 2.25. The fourth-order valence-electron chi connectivity index (χ4n) is 2.87. The maximum absolute atomic E-state index is 10.2. The molecule has 0 aromatic heterocycles. The van der Waals surface area contributed by atoms with Crippen LogP contribution < -0.4 is 10.6 Å². The number of nitrogens with one attached hydrogen (secondary N) is 2. The first-order valence-corrected chi connectivity index (χ1v) is 8.14. The van der Waals surface area contributed by atoms with Gasteiger partial charge < -0.3 is 10.4 Å². The van der Waals surface area contributed by atoms with Gasteiger partial charge in [-0.15, -0.1) is 0 Å². The molecule has 23 heavy (non-hydrogen) atoms. The van der Waals surface area contributed by atoms with Crippen molar-refractivity contribution in [3.8, 4) is 5.75 Å². The normalized spacial score (nSPS) is 21.0. The van der Waals surface area contributed by atoms with Gasteiger partial charge in [0, 0.05) is 11.3 Å². The van der Waals surface area contributed by atoms with Gasteiger partial charge in [-0.3, -0.25) is 5.32 Å². The minimum absolute atomic E-state index is 0.0128. The summed E-state index contributed by atoms with van der Waals surface area (Å²) in [6.45, 7) is 6.46. The Labute approximate surface area is 138 Å². The molecule has 3 nitrogen and oxygen atoms in total. The molecule has 2 aromatic carbocycles. The van der Waals surface area contributed by atoms with E-state index in [9.17, 15) is 5.11 Å². The second-order valence-corrected chi connectivity index (χ2v) is 6.52. The van der Waals surface area contributed by atoms with Gasteiger partial charge in [-0.05, 0) is 30.5 Å². The maximum Gasteiger partial charge on any atom is 0.120 e. The minimum atomic E-state index is -0.0128. The Balaban J connectivity index is 2.00. The van der Waals surface area contributed by atoms with Gasteiger partial charge in [0.05, 0.1) is 12.2 Å². The average molecular weight is 308 g/mol. The summed E-state index contributed by atoms with van der Waals surface area (Å²) in [7, 11) is 0. The van der Waals surface area contributed by atoms with Crippen LogP contribution in [0.15, 0.2) is 54.6 Å². The molecule has 0 aliphatic carbocycles. The van der Waals surface area contributed by atoms with Crippen molar-refractivity contribution in [3.05, 3.63) is 71.3 Å². The van der Waals surface area contributed by atoms with E-state index in [2.05, 4.69) is 61.7 Å². The van der Waals surface area contributed by atoms with Gasteiger partial charge in [-0.2, -0.15) is 0 Å². The van der Waals surface area contributed by atoms with Crippen LogP contribution in [-0.2, 0) is 0 Å². The fraction of sp³-hybridized carbons (Fsp3) is 0.300. The number of hydrogen-bond donors (Lipinski definition) is 3. The predicted molar refractivity (Wildman–Crippen MR) is 94.9 cm³/mol. The lowest BCUT2D eigenvalue weighted by Gasteiger charge is -2.35. The third-order valence-electron chi connectivity index (χ3n) is 4.30. The van der Waals surface area contributed by atoms with Gasteiger partial charge in [-0.1, -0.05) is 61.9 Å². The lowest BCUT2D eigenvalue weighted by Crippen LogP contribution is -2.49. The van der Waals surface area contributed by atoms with Crippen molar-refractivity contribution < 1.29 is 5.11 Å². The molecule has 1 heterocycles. The molecule has 2 atom stereocenters. The predicted octanol–water partition coefficient (Wildman–Crippen LogP) is 3.96. The standard InChI is InChI=1S/C20H24N2O/c1-13(2)20-21-17(15-10-8-14(3)9-11-15)12-18(22-20)16-6-4-5-7-19(16)23/h4-13,18,20-23H,1-3H3. The van der Waals surface area contributed by atoms with Crippen LogP contribution >= 0.6 is 0 Å². The van der Waals surface area contributed by atoms with Gasteiger partial charge in [0.1, 0.15) is 5.75 Å². The largest absolute Gasteiger partial charge is 0.508 e. The summed E-state index contributed by atoms with van der Waals surface area (Å²) in [5.74, 6) is 0.756. The number of hydrogen-bond acceptors (Lipinski definition) is 3. The van der Waals surface area contributed by atoms with Crippen molar-refractivity contribution >= 4 is 5.70 Å². The van der Waals surface area contributed by atoms with E-state index in [4.69, 9.17) is 0 Å². The van der Waals surface area contributed by atoms with Crippen LogP contribution in [0.2, 0.25) is 0 Å². The zero-order chi connectivity index (χ0) is 16.4. The van der Waals surface area contributed by atoms with Crippen molar-refractivity contribution in [1.29, 1.82) is 0 Å². The number of rotatable bonds is 3. The van der Waals surface area contributed by atoms with Gasteiger partial charge in [0.15, 0.2) is 0 Å². The molecule has 3 N–H and O–H groups in total. The van der Waals surface area contributed by atoms with E-state index in [1.54, 1.807) is 6.07 Å². The van der Waals surface area contributed by atoms with Gasteiger partial charge in [-0.25, -0.2) is 0 Å². The van der Waals surface area contributed by atoms with E-state index >= 15 is 0 Å². The van der Waals surface area contributed by atoms with Crippen molar-refractivity contribution in [1.82, 2.24) is 10.6 Å². The van der Waals surface area contributed by atoms with Crippen molar-refractivity contribution in [2.75, 3.05) is 0 Å². The Hall–Kier alpha value is -2.26. The van der Waals surface area contributed by atoms with E-state index in [0.29, 0.717) is 11.7 Å². The van der Waals surface area contributed by atoms with Crippen LogP contribution in [0.5, 0.6) is 5.75 Å². The van der Waals surface area contributed by atoms with E-state index in [-0.39, 0.29) is 12.2 Å². The van der Waals surface area contributed by atoms with Crippen LogP contribution in [0.3, 0.4) is 0 Å². The highest BCUT2D eigenvalue weighted by Crippen LogP contribution is 2.30. The number of benzene rings is 2. The first kappa shape index (κ1) is 15.6. The number of phenols is 1. The number of aromatic hydroxyl groups is 1. The summed E-state index contributed by atoms with van der Waals surface area (Å²) in [6.07, 6.45) is 2.31. The average Bonchev–Trinajstić information content (AvgIpc) is 2.55. The first-order valence-electron chi connectivity index (χ1n) is 8.14. The Morgan fingerprint density at radius 3 is 2.35 bits per heavy atom. The van der Waals surface area contributed by atoms with E-state index < -0.39 is 0 Å². The number of aryl methyl sites for hydroxylation is 1. The first-order chi connectivity index (χ1) is 11.0. The van der Waals surface area contributed by atoms with E-state index in [1.165, 1.54) is 11.1 Å². The monoisotopic (exact) mass is 308 g/mol. The van der Waals surface area contributed by atoms with Crippen LogP contribution in [0.4, 0.5) is 0 Å². The quantitative estimate of drug-likeness (QED) is 0.804. The molecule has 3 rings (SSSR count). The molecule has 0 bridgehead atoms. The van der Waals surface area contributed by atoms with Gasteiger partial charge in [0.2, 0.25) is 0 Å². The van der Waals surface area contributed by atoms with Crippen molar-refractivity contribution in [2.24, 2.45) is 5.92 Å². The second kappa shape index (κ2) is 6.47. The molecule has 0 fully saturated rings. The maximum atomic E-state index is 10.2. The van der Waals surface area contributed by atoms with E-state index in [1.807, 2.05) is 18.2 Å². The lowest BCUT2D eigenvalue weighted by atomic mass is 9.97. The topological polar surface area (TPSA) is 44.3 Å². The van der Waals surface area contributed by atoms with Crippen LogP contribution in [0.25, 0.3) is 5.70 Å². The van der Waals surface area contributed by atoms with Crippen molar-refractivity contribution in [3.63, 3.8) is 0 Å². The molecule has 120 valence electrons. The van der Waals surface area contributed by atoms with Crippen LogP contribution in [0, 0.1) is 12.8 Å². The molecule has 1 aliphatic rings. The molecule has 0 radical (unpaired) electrons. The summed E-state index contributed by atoms with van der Waals surface area (Å²) in [4.78, 5) is 0. The molecule has 2 aromatic rings. The SMILES string of the molecule is Cc1ccc(C2=CC(c3ccccc3O)NC(C(C)C)N2)cc1. The summed E-state index contributed by atoms with van der Waals surface area (Å²) >= 11 is 0. The Bertz CT molecular complexity index is 704. The smallest absolute Gasteiger partial charge is 0.120 e.